The number of aromatic nitrogens is 1. The van der Waals surface area contributed by atoms with Crippen molar-refractivity contribution >= 4 is 0 Å². The SMILES string of the molecule is CNCC(C)c1cccnc1. The van der Waals surface area contributed by atoms with Gasteiger partial charge in [-0.25, -0.2) is 0 Å². The standard InChI is InChI=1S/C9H14N2/c1-8(6-10-2)9-4-3-5-11-7-9/h3-5,7-8,10H,6H2,1-2H3. The molecule has 1 rings (SSSR count). The summed E-state index contributed by atoms with van der Waals surface area (Å²) in [6.45, 7) is 3.19. The predicted octanol–water partition coefficient (Wildman–Crippen LogP) is 1.40. The van der Waals surface area contributed by atoms with Gasteiger partial charge in [-0.3, -0.25) is 4.98 Å². The molecular formula is C9H14N2. The van der Waals surface area contributed by atoms with Gasteiger partial charge in [0.15, 0.2) is 0 Å². The van der Waals surface area contributed by atoms with Gasteiger partial charge < -0.3 is 5.32 Å². The van der Waals surface area contributed by atoms with E-state index in [9.17, 15) is 0 Å². The molecule has 1 aromatic rings. The normalized spacial score (nSPS) is 12.9. The van der Waals surface area contributed by atoms with Crippen LogP contribution >= 0.6 is 0 Å². The van der Waals surface area contributed by atoms with E-state index in [1.165, 1.54) is 5.56 Å². The van der Waals surface area contributed by atoms with Gasteiger partial charge in [-0.2, -0.15) is 0 Å². The van der Waals surface area contributed by atoms with Crippen molar-refractivity contribution in [3.8, 4) is 0 Å². The van der Waals surface area contributed by atoms with Crippen LogP contribution in [0.15, 0.2) is 24.5 Å². The fourth-order valence-electron chi connectivity index (χ4n) is 1.09. The van der Waals surface area contributed by atoms with Gasteiger partial charge in [0.1, 0.15) is 0 Å². The molecule has 1 unspecified atom stereocenters. The van der Waals surface area contributed by atoms with E-state index in [1.54, 1.807) is 6.20 Å². The largest absolute Gasteiger partial charge is 0.319 e. The molecule has 0 saturated heterocycles. The minimum absolute atomic E-state index is 0.550. The second kappa shape index (κ2) is 4.09. The maximum absolute atomic E-state index is 4.06. The second-order valence-corrected chi connectivity index (χ2v) is 2.75. The predicted molar refractivity (Wildman–Crippen MR) is 46.6 cm³/mol. The molecule has 60 valence electrons. The average Bonchev–Trinajstić information content (AvgIpc) is 2.07. The minimum atomic E-state index is 0.550. The summed E-state index contributed by atoms with van der Waals surface area (Å²) in [7, 11) is 1.97. The quantitative estimate of drug-likeness (QED) is 0.704. The van der Waals surface area contributed by atoms with Gasteiger partial charge >= 0.3 is 0 Å². The molecule has 1 atom stereocenters. The lowest BCUT2D eigenvalue weighted by atomic mass is 10.0. The molecule has 0 bridgehead atoms. The molecule has 0 aliphatic carbocycles. The molecule has 11 heavy (non-hydrogen) atoms. The summed E-state index contributed by atoms with van der Waals surface area (Å²) in [4.78, 5) is 4.06. The maximum atomic E-state index is 4.06. The van der Waals surface area contributed by atoms with E-state index < -0.39 is 0 Å². The zero-order valence-electron chi connectivity index (χ0n) is 7.04. The van der Waals surface area contributed by atoms with Gasteiger partial charge in [0.05, 0.1) is 0 Å². The number of hydrogen-bond acceptors (Lipinski definition) is 2. The first kappa shape index (κ1) is 8.21. The lowest BCUT2D eigenvalue weighted by Gasteiger charge is -2.09. The Bertz CT molecular complexity index is 196. The molecule has 1 heterocycles. The molecule has 0 saturated carbocycles. The number of nitrogens with one attached hydrogen (secondary N) is 1. The van der Waals surface area contributed by atoms with E-state index in [1.807, 2.05) is 19.3 Å². The maximum Gasteiger partial charge on any atom is 0.0303 e. The topological polar surface area (TPSA) is 24.9 Å². The van der Waals surface area contributed by atoms with E-state index in [4.69, 9.17) is 0 Å². The smallest absolute Gasteiger partial charge is 0.0303 e. The first-order valence-electron chi connectivity index (χ1n) is 3.89. The first-order chi connectivity index (χ1) is 5.34. The van der Waals surface area contributed by atoms with Crippen LogP contribution in [0, 0.1) is 0 Å². The van der Waals surface area contributed by atoms with Gasteiger partial charge in [-0.05, 0) is 24.6 Å². The Morgan fingerprint density at radius 1 is 1.64 bits per heavy atom. The van der Waals surface area contributed by atoms with Gasteiger partial charge in [-0.15, -0.1) is 0 Å². The van der Waals surface area contributed by atoms with Gasteiger partial charge in [-0.1, -0.05) is 13.0 Å². The number of hydrogen-bond donors (Lipinski definition) is 1. The second-order valence-electron chi connectivity index (χ2n) is 2.75. The van der Waals surface area contributed by atoms with Crippen LogP contribution in [0.1, 0.15) is 18.4 Å². The van der Waals surface area contributed by atoms with Crippen LogP contribution in [0.25, 0.3) is 0 Å². The molecule has 2 heteroatoms. The zero-order chi connectivity index (χ0) is 8.10. The summed E-state index contributed by atoms with van der Waals surface area (Å²) < 4.78 is 0. The van der Waals surface area contributed by atoms with Crippen molar-refractivity contribution in [3.63, 3.8) is 0 Å². The molecular weight excluding hydrogens is 136 g/mol. The van der Waals surface area contributed by atoms with Crippen molar-refractivity contribution in [2.75, 3.05) is 13.6 Å². The molecule has 2 nitrogen and oxygen atoms in total. The first-order valence-corrected chi connectivity index (χ1v) is 3.89. The van der Waals surface area contributed by atoms with Crippen LogP contribution in [0.4, 0.5) is 0 Å². The number of pyridine rings is 1. The monoisotopic (exact) mass is 150 g/mol. The molecule has 0 spiro atoms. The molecule has 0 aromatic carbocycles. The zero-order valence-corrected chi connectivity index (χ0v) is 7.04. The highest BCUT2D eigenvalue weighted by Crippen LogP contribution is 2.10. The van der Waals surface area contributed by atoms with E-state index in [-0.39, 0.29) is 0 Å². The van der Waals surface area contributed by atoms with Gasteiger partial charge in [0, 0.05) is 18.9 Å². The van der Waals surface area contributed by atoms with E-state index >= 15 is 0 Å². The molecule has 0 aliphatic heterocycles. The van der Waals surface area contributed by atoms with E-state index in [2.05, 4.69) is 23.3 Å². The van der Waals surface area contributed by atoms with Crippen LogP contribution < -0.4 is 5.32 Å². The summed E-state index contributed by atoms with van der Waals surface area (Å²) >= 11 is 0. The van der Waals surface area contributed by atoms with Gasteiger partial charge in [0.25, 0.3) is 0 Å². The number of nitrogens with zero attached hydrogens (tertiary/aromatic N) is 1. The lowest BCUT2D eigenvalue weighted by molar-refractivity contribution is 0.675. The molecule has 1 aromatic heterocycles. The summed E-state index contributed by atoms with van der Waals surface area (Å²) in [6, 6.07) is 4.08. The van der Waals surface area contributed by atoms with Gasteiger partial charge in [0.2, 0.25) is 0 Å². The fraction of sp³-hybridized carbons (Fsp3) is 0.444. The van der Waals surface area contributed by atoms with E-state index in [0.29, 0.717) is 5.92 Å². The van der Waals surface area contributed by atoms with Crippen molar-refractivity contribution in [2.45, 2.75) is 12.8 Å². The Labute approximate surface area is 67.7 Å². The Kier molecular flexibility index (Phi) is 3.05. The molecule has 1 N–H and O–H groups in total. The highest BCUT2D eigenvalue weighted by molar-refractivity contribution is 5.13. The third kappa shape index (κ3) is 2.31. The average molecular weight is 150 g/mol. The highest BCUT2D eigenvalue weighted by Gasteiger charge is 2.01. The van der Waals surface area contributed by atoms with Crippen molar-refractivity contribution in [2.24, 2.45) is 0 Å². The lowest BCUT2D eigenvalue weighted by Crippen LogP contribution is -2.14. The summed E-state index contributed by atoms with van der Waals surface area (Å²) in [5.41, 5.74) is 1.29. The molecule has 0 fully saturated rings. The third-order valence-electron chi connectivity index (χ3n) is 1.76. The van der Waals surface area contributed by atoms with Crippen LogP contribution in [-0.2, 0) is 0 Å². The van der Waals surface area contributed by atoms with Crippen molar-refractivity contribution in [1.29, 1.82) is 0 Å². The molecule has 0 radical (unpaired) electrons. The number of rotatable bonds is 3. The highest BCUT2D eigenvalue weighted by atomic mass is 14.8. The van der Waals surface area contributed by atoms with E-state index in [0.717, 1.165) is 6.54 Å². The summed E-state index contributed by atoms with van der Waals surface area (Å²) in [5.74, 6) is 0.550. The van der Waals surface area contributed by atoms with Crippen molar-refractivity contribution in [1.82, 2.24) is 10.3 Å². The van der Waals surface area contributed by atoms with Crippen LogP contribution in [-0.4, -0.2) is 18.6 Å². The fourth-order valence-corrected chi connectivity index (χ4v) is 1.09. The Hall–Kier alpha value is -0.890. The molecule has 0 aliphatic rings. The minimum Gasteiger partial charge on any atom is -0.319 e. The Balaban J connectivity index is 2.61. The van der Waals surface area contributed by atoms with Crippen LogP contribution in [0.2, 0.25) is 0 Å². The van der Waals surface area contributed by atoms with Crippen molar-refractivity contribution in [3.05, 3.63) is 30.1 Å². The Morgan fingerprint density at radius 3 is 3.00 bits per heavy atom. The van der Waals surface area contributed by atoms with Crippen LogP contribution in [0.3, 0.4) is 0 Å². The summed E-state index contributed by atoms with van der Waals surface area (Å²) in [5, 5.41) is 3.14. The number of likely N-dealkylation sites (N-methyl/N-ethyl adjacent to an activating group) is 1. The summed E-state index contributed by atoms with van der Waals surface area (Å²) in [6.07, 6.45) is 3.72. The Morgan fingerprint density at radius 2 is 2.45 bits per heavy atom. The van der Waals surface area contributed by atoms with Crippen molar-refractivity contribution < 1.29 is 0 Å². The van der Waals surface area contributed by atoms with Crippen LogP contribution in [0.5, 0.6) is 0 Å². The molecule has 0 amide bonds. The third-order valence-corrected chi connectivity index (χ3v) is 1.76.